The maximum atomic E-state index is 10.1. The van der Waals surface area contributed by atoms with E-state index in [0.29, 0.717) is 0 Å². The summed E-state index contributed by atoms with van der Waals surface area (Å²) in [6.45, 7) is 1.11. The van der Waals surface area contributed by atoms with Crippen molar-refractivity contribution in [1.29, 1.82) is 0 Å². The van der Waals surface area contributed by atoms with Gasteiger partial charge in [0, 0.05) is 0 Å². The van der Waals surface area contributed by atoms with Crippen LogP contribution in [0.15, 0.2) is 0 Å². The van der Waals surface area contributed by atoms with Gasteiger partial charge in [-0.15, -0.1) is 0 Å². The van der Waals surface area contributed by atoms with Crippen LogP contribution in [-0.4, -0.2) is 25.6 Å². The molecule has 0 aromatic heterocycles. The molecule has 0 bridgehead atoms. The van der Waals surface area contributed by atoms with E-state index in [1.807, 2.05) is 0 Å². The van der Waals surface area contributed by atoms with Crippen LogP contribution in [0.25, 0.3) is 0 Å². The summed E-state index contributed by atoms with van der Waals surface area (Å²) in [7, 11) is -3.18. The molecule has 6 heteroatoms. The highest BCUT2D eigenvalue weighted by atomic mass is 32.2. The number of thiol groups is 1. The molecule has 54 valence electrons. The molecule has 0 radical (unpaired) electrons. The molecule has 0 saturated heterocycles. The lowest BCUT2D eigenvalue weighted by atomic mass is 10.4. The quantitative estimate of drug-likeness (QED) is 0.470. The van der Waals surface area contributed by atoms with E-state index in [2.05, 4.69) is 4.18 Å². The Hall–Kier alpha value is -0.620. The van der Waals surface area contributed by atoms with Crippen LogP contribution in [0.3, 0.4) is 0 Å². The molecule has 0 aliphatic heterocycles. The van der Waals surface area contributed by atoms with Gasteiger partial charge in [0.15, 0.2) is 0 Å². The summed E-state index contributed by atoms with van der Waals surface area (Å²) in [6.07, 6.45) is -1.39. The van der Waals surface area contributed by atoms with E-state index in [1.54, 1.807) is 0 Å². The van der Waals surface area contributed by atoms with Crippen LogP contribution < -0.4 is 0 Å². The zero-order valence-electron chi connectivity index (χ0n) is 4.60. The van der Waals surface area contributed by atoms with Gasteiger partial charge in [0.2, 0.25) is 0 Å². The molecule has 1 atom stereocenters. The Morgan fingerprint density at radius 3 is 2.22 bits per heavy atom. The third-order valence-electron chi connectivity index (χ3n) is 0.506. The van der Waals surface area contributed by atoms with Gasteiger partial charge in [-0.2, -0.15) is 8.42 Å². The second-order valence-electron chi connectivity index (χ2n) is 1.31. The van der Waals surface area contributed by atoms with Crippen LogP contribution in [0, 0.1) is 0 Å². The number of carbonyl (C=O) groups is 1. The maximum absolute atomic E-state index is 10.1. The van der Waals surface area contributed by atoms with E-state index in [1.165, 1.54) is 0 Å². The van der Waals surface area contributed by atoms with Crippen LogP contribution in [0.2, 0.25) is 0 Å². The minimum atomic E-state index is -3.18. The van der Waals surface area contributed by atoms with Crippen LogP contribution in [-0.2, 0) is 20.0 Å². The van der Waals surface area contributed by atoms with E-state index in [-0.39, 0.29) is 0 Å². The fraction of sp³-hybridized carbons (Fsp3) is 0.667. The molecule has 0 spiro atoms. The second kappa shape index (κ2) is 3.41. The van der Waals surface area contributed by atoms with Crippen molar-refractivity contribution in [3.8, 4) is 0 Å². The predicted octanol–water partition coefficient (Wildman–Crippen LogP) is -1.56. The molecule has 0 aromatic carbocycles. The zero-order valence-corrected chi connectivity index (χ0v) is 5.50. The van der Waals surface area contributed by atoms with Crippen LogP contribution in [0.1, 0.15) is 6.92 Å². The van der Waals surface area contributed by atoms with Crippen molar-refractivity contribution in [3.63, 3.8) is 0 Å². The van der Waals surface area contributed by atoms with Gasteiger partial charge in [-0.05, 0) is 6.92 Å². The molecule has 1 N–H and O–H groups in total. The average molecular weight is 154 g/mol. The summed E-state index contributed by atoms with van der Waals surface area (Å²) in [6, 6.07) is 0. The average Bonchev–Trinajstić information content (AvgIpc) is 1.63. The smallest absolute Gasteiger partial charge is 0.350 e. The fourth-order valence-corrected chi connectivity index (χ4v) is 0.449. The van der Waals surface area contributed by atoms with Gasteiger partial charge in [-0.3, -0.25) is 0 Å². The van der Waals surface area contributed by atoms with Gasteiger partial charge in [-0.25, -0.2) is 4.79 Å². The van der Waals surface area contributed by atoms with Gasteiger partial charge in [0.25, 0.3) is 0 Å². The van der Waals surface area contributed by atoms with E-state index in [0.717, 1.165) is 6.92 Å². The Kier molecular flexibility index (Phi) is 3.18. The minimum absolute atomic E-state index is 1.11. The molecule has 0 aliphatic carbocycles. The monoisotopic (exact) mass is 154 g/mol. The summed E-state index contributed by atoms with van der Waals surface area (Å²) in [5, 5.41) is 8.33. The lowest BCUT2D eigenvalue weighted by Gasteiger charge is -1.96. The molecule has 0 rings (SSSR count). The first kappa shape index (κ1) is 8.38. The summed E-state index contributed by atoms with van der Waals surface area (Å²) in [5.41, 5.74) is 0. The van der Waals surface area contributed by atoms with E-state index in [4.69, 9.17) is 5.11 Å². The molecule has 0 fully saturated rings. The van der Waals surface area contributed by atoms with Gasteiger partial charge in [0.1, 0.15) is 6.10 Å². The van der Waals surface area contributed by atoms with Gasteiger partial charge >= 0.3 is 17.0 Å². The molecule has 1 unspecified atom stereocenters. The van der Waals surface area contributed by atoms with Crippen molar-refractivity contribution < 1.29 is 22.5 Å². The number of rotatable bonds is 2. The molecule has 0 aliphatic rings. The number of hydrogen-bond donors (Lipinski definition) is 2. The second-order valence-corrected chi connectivity index (χ2v) is 1.94. The van der Waals surface area contributed by atoms with Crippen LogP contribution in [0.4, 0.5) is 0 Å². The Balaban J connectivity index is 3.79. The fourth-order valence-electron chi connectivity index (χ4n) is 0.150. The van der Waals surface area contributed by atoms with Crippen molar-refractivity contribution in [1.82, 2.24) is 0 Å². The Bertz CT molecular complexity index is 161. The van der Waals surface area contributed by atoms with Crippen molar-refractivity contribution in [3.05, 3.63) is 0 Å². The molecule has 0 heterocycles. The number of aliphatic hydroxyl groups is 1. The molecular formula is C3H6O5S. The van der Waals surface area contributed by atoms with Crippen LogP contribution >= 0.6 is 0 Å². The van der Waals surface area contributed by atoms with E-state index >= 15 is 0 Å². The molecule has 0 saturated carbocycles. The number of aliphatic hydroxyl groups excluding tert-OH is 1. The normalized spacial score (nSPS) is 13.2. The lowest BCUT2D eigenvalue weighted by molar-refractivity contribution is -0.141. The molecular weight excluding hydrogens is 148 g/mol. The van der Waals surface area contributed by atoms with Crippen LogP contribution in [0.5, 0.6) is 0 Å². The van der Waals surface area contributed by atoms with E-state index in [9.17, 15) is 13.2 Å². The van der Waals surface area contributed by atoms with Gasteiger partial charge < -0.3 is 9.29 Å². The minimum Gasteiger partial charge on any atom is -0.382 e. The molecule has 0 amide bonds. The first-order valence-electron chi connectivity index (χ1n) is 2.08. The third-order valence-corrected chi connectivity index (χ3v) is 0.835. The Labute approximate surface area is 53.4 Å². The summed E-state index contributed by atoms with van der Waals surface area (Å²) >= 11 is 0. The first-order valence-corrected chi connectivity index (χ1v) is 3.18. The molecule has 9 heavy (non-hydrogen) atoms. The van der Waals surface area contributed by atoms with Crippen molar-refractivity contribution >= 4 is 17.0 Å². The lowest BCUT2D eigenvalue weighted by Crippen LogP contribution is -2.18. The molecule has 5 nitrogen and oxygen atoms in total. The Morgan fingerprint density at radius 1 is 1.67 bits per heavy atom. The topological polar surface area (TPSA) is 80.7 Å². The first-order chi connectivity index (χ1) is 4.04. The number of carbonyl (C=O) groups excluding carboxylic acids is 1. The van der Waals surface area contributed by atoms with E-state index < -0.39 is 23.1 Å². The SMILES string of the molecule is CC(O)C(=O)O[SH](=O)=O. The third kappa shape index (κ3) is 3.92. The largest absolute Gasteiger partial charge is 0.382 e. The highest BCUT2D eigenvalue weighted by Gasteiger charge is 2.09. The Morgan fingerprint density at radius 2 is 2.11 bits per heavy atom. The maximum Gasteiger partial charge on any atom is 0.350 e. The van der Waals surface area contributed by atoms with Crippen molar-refractivity contribution in [2.45, 2.75) is 13.0 Å². The van der Waals surface area contributed by atoms with Gasteiger partial charge in [-0.1, -0.05) is 0 Å². The highest BCUT2D eigenvalue weighted by Crippen LogP contribution is 1.84. The number of hydrogen-bond acceptors (Lipinski definition) is 5. The van der Waals surface area contributed by atoms with Gasteiger partial charge in [0.05, 0.1) is 0 Å². The van der Waals surface area contributed by atoms with Crippen molar-refractivity contribution in [2.24, 2.45) is 0 Å². The van der Waals surface area contributed by atoms with Crippen molar-refractivity contribution in [2.75, 3.05) is 0 Å². The summed E-state index contributed by atoms with van der Waals surface area (Å²) in [4.78, 5) is 10.1. The standard InChI is InChI=1S/C3H6O5S/c1-2(4)3(5)8-9(6)7/h2,4,9H,1H3. The predicted molar refractivity (Wildman–Crippen MR) is 28.1 cm³/mol. The molecule has 0 aromatic rings. The summed E-state index contributed by atoms with van der Waals surface area (Å²) in [5.74, 6) is -1.16. The highest BCUT2D eigenvalue weighted by molar-refractivity contribution is 7.67. The summed E-state index contributed by atoms with van der Waals surface area (Å²) < 4.78 is 22.8. The zero-order chi connectivity index (χ0) is 7.44.